The van der Waals surface area contributed by atoms with Gasteiger partial charge in [0.05, 0.1) is 24.6 Å². The van der Waals surface area contributed by atoms with Crippen molar-refractivity contribution in [2.45, 2.75) is 63.1 Å². The number of halogens is 4. The minimum absolute atomic E-state index is 0.163. The topological polar surface area (TPSA) is 75.5 Å². The quantitative estimate of drug-likeness (QED) is 0.773. The predicted molar refractivity (Wildman–Crippen MR) is 82.0 cm³/mol. The summed E-state index contributed by atoms with van der Waals surface area (Å²) in [6.45, 7) is 6.50. The lowest BCUT2D eigenvalue weighted by Gasteiger charge is -2.31. The van der Waals surface area contributed by atoms with Gasteiger partial charge in [0.1, 0.15) is 23.3 Å². The molecule has 2 heterocycles. The van der Waals surface area contributed by atoms with E-state index in [-0.39, 0.29) is 18.3 Å². The summed E-state index contributed by atoms with van der Waals surface area (Å²) in [7, 11) is 0. The third-order valence-corrected chi connectivity index (χ3v) is 3.26. The first-order valence-electron chi connectivity index (χ1n) is 7.45. The molecule has 0 amide bonds. The van der Waals surface area contributed by atoms with Crippen LogP contribution in [0.4, 0.5) is 17.1 Å². The molecule has 0 bridgehead atoms. The fourth-order valence-corrected chi connectivity index (χ4v) is 1.97. The number of rotatable bonds is 2. The molecular formula is C14H22F4N2O3S. The molecule has 10 heteroatoms. The number of aliphatic hydroxyl groups excluding tert-OH is 2. The summed E-state index contributed by atoms with van der Waals surface area (Å²) < 4.78 is 52.6. The number of nitrogens with zero attached hydrogens (tertiary/aromatic N) is 2. The largest absolute Gasteiger partial charge is 0.434 e. The van der Waals surface area contributed by atoms with Crippen LogP contribution in [0.15, 0.2) is 17.4 Å². The normalized spacial score (nSPS) is 23.5. The first kappa shape index (κ1) is 23.0. The molecule has 24 heavy (non-hydrogen) atoms. The van der Waals surface area contributed by atoms with E-state index in [1.807, 2.05) is 20.8 Å². The Labute approximate surface area is 142 Å². The van der Waals surface area contributed by atoms with Gasteiger partial charge in [0, 0.05) is 6.61 Å². The van der Waals surface area contributed by atoms with Crippen LogP contribution >= 0.6 is 12.1 Å². The van der Waals surface area contributed by atoms with Crippen LogP contribution in [0.1, 0.15) is 39.3 Å². The van der Waals surface area contributed by atoms with Gasteiger partial charge >= 0.3 is 6.18 Å². The number of ether oxygens (including phenoxy) is 1. The van der Waals surface area contributed by atoms with Crippen LogP contribution in [0.5, 0.6) is 0 Å². The van der Waals surface area contributed by atoms with Crippen LogP contribution in [-0.4, -0.2) is 45.1 Å². The highest BCUT2D eigenvalue weighted by Crippen LogP contribution is 2.28. The highest BCUT2D eigenvalue weighted by atomic mass is 32.2. The van der Waals surface area contributed by atoms with E-state index in [1.165, 1.54) is 0 Å². The Balaban J connectivity index is 0.000000405. The first-order valence-corrected chi connectivity index (χ1v) is 8.16. The van der Waals surface area contributed by atoms with Gasteiger partial charge in [-0.3, -0.25) is 4.98 Å². The van der Waals surface area contributed by atoms with E-state index in [0.717, 1.165) is 12.6 Å². The molecular weight excluding hydrogens is 352 g/mol. The molecule has 1 aromatic heterocycles. The van der Waals surface area contributed by atoms with Gasteiger partial charge in [-0.1, -0.05) is 20.8 Å². The SMILES string of the molecule is CC.CCC1OCCC(O)C1O.FSc1cncc(C(F)(F)F)n1. The maximum Gasteiger partial charge on any atom is 0.434 e. The molecule has 0 aliphatic carbocycles. The highest BCUT2D eigenvalue weighted by molar-refractivity contribution is 7.94. The molecule has 1 aromatic rings. The maximum atomic E-state index is 11.9. The van der Waals surface area contributed by atoms with Gasteiger partial charge in [-0.15, -0.1) is 0 Å². The van der Waals surface area contributed by atoms with Crippen molar-refractivity contribution in [2.75, 3.05) is 6.61 Å². The Morgan fingerprint density at radius 3 is 2.38 bits per heavy atom. The third-order valence-electron chi connectivity index (χ3n) is 2.90. The number of hydrogen-bond acceptors (Lipinski definition) is 6. The molecule has 2 N–H and O–H groups in total. The standard InChI is InChI=1S/C7H14O3.C5H2F4N2S.C2H6/c1-2-6-7(9)5(8)3-4-10-6;6-5(7,8)3-1-10-2-4(11-3)12-9;1-2/h5-9H,2-4H2,1H3;1-2H;1-2H3. The van der Waals surface area contributed by atoms with E-state index in [1.54, 1.807) is 0 Å². The average Bonchev–Trinajstić information content (AvgIpc) is 2.59. The molecule has 2 rings (SSSR count). The van der Waals surface area contributed by atoms with Gasteiger partial charge in [0.2, 0.25) is 0 Å². The molecule has 1 saturated heterocycles. The fourth-order valence-electron chi connectivity index (χ4n) is 1.74. The zero-order valence-corrected chi connectivity index (χ0v) is 14.4. The summed E-state index contributed by atoms with van der Waals surface area (Å²) >= 11 is -0.375. The number of alkyl halides is 3. The molecule has 0 radical (unpaired) electrons. The van der Waals surface area contributed by atoms with E-state index in [4.69, 9.17) is 9.84 Å². The molecule has 1 aliphatic rings. The van der Waals surface area contributed by atoms with E-state index in [2.05, 4.69) is 9.97 Å². The molecule has 0 saturated carbocycles. The molecule has 0 aromatic carbocycles. The van der Waals surface area contributed by atoms with Gasteiger partial charge in [-0.05, 0) is 12.8 Å². The van der Waals surface area contributed by atoms with Crippen molar-refractivity contribution in [3.8, 4) is 0 Å². The smallest absolute Gasteiger partial charge is 0.390 e. The van der Waals surface area contributed by atoms with Crippen LogP contribution in [0, 0.1) is 0 Å². The Hall–Kier alpha value is -0.970. The second-order valence-electron chi connectivity index (χ2n) is 4.48. The minimum Gasteiger partial charge on any atom is -0.390 e. The molecule has 0 spiro atoms. The van der Waals surface area contributed by atoms with E-state index in [0.29, 0.717) is 19.2 Å². The number of aromatic nitrogens is 2. The zero-order valence-electron chi connectivity index (χ0n) is 13.6. The molecule has 3 atom stereocenters. The summed E-state index contributed by atoms with van der Waals surface area (Å²) in [5.74, 6) is 0. The van der Waals surface area contributed by atoms with Crippen molar-refractivity contribution in [1.82, 2.24) is 9.97 Å². The van der Waals surface area contributed by atoms with Crippen molar-refractivity contribution in [3.63, 3.8) is 0 Å². The minimum atomic E-state index is -4.57. The van der Waals surface area contributed by atoms with Gasteiger partial charge in [0.15, 0.2) is 5.69 Å². The lowest BCUT2D eigenvalue weighted by Crippen LogP contribution is -2.43. The van der Waals surface area contributed by atoms with E-state index < -0.39 is 29.1 Å². The van der Waals surface area contributed by atoms with Gasteiger partial charge in [-0.2, -0.15) is 17.1 Å². The number of aliphatic hydroxyl groups is 2. The Kier molecular flexibility index (Phi) is 11.1. The molecule has 3 unspecified atom stereocenters. The van der Waals surface area contributed by atoms with Crippen LogP contribution in [-0.2, 0) is 10.9 Å². The van der Waals surface area contributed by atoms with Crippen LogP contribution < -0.4 is 0 Å². The van der Waals surface area contributed by atoms with Gasteiger partial charge in [0.25, 0.3) is 0 Å². The van der Waals surface area contributed by atoms with Gasteiger partial charge < -0.3 is 14.9 Å². The molecule has 140 valence electrons. The summed E-state index contributed by atoms with van der Waals surface area (Å²) in [5, 5.41) is 18.0. The van der Waals surface area contributed by atoms with Crippen LogP contribution in [0.3, 0.4) is 0 Å². The van der Waals surface area contributed by atoms with Gasteiger partial charge in [-0.25, -0.2) is 4.98 Å². The van der Waals surface area contributed by atoms with Crippen LogP contribution in [0.25, 0.3) is 0 Å². The van der Waals surface area contributed by atoms with Crippen molar-refractivity contribution >= 4 is 12.1 Å². The lowest BCUT2D eigenvalue weighted by atomic mass is 10.0. The van der Waals surface area contributed by atoms with Crippen molar-refractivity contribution in [2.24, 2.45) is 0 Å². The zero-order chi connectivity index (χ0) is 18.8. The lowest BCUT2D eigenvalue weighted by molar-refractivity contribution is -0.141. The van der Waals surface area contributed by atoms with E-state index >= 15 is 0 Å². The number of hydrogen-bond donors (Lipinski definition) is 2. The van der Waals surface area contributed by atoms with E-state index in [9.17, 15) is 22.2 Å². The second kappa shape index (κ2) is 11.6. The summed E-state index contributed by atoms with van der Waals surface area (Å²) in [5.41, 5.74) is -1.19. The van der Waals surface area contributed by atoms with Crippen molar-refractivity contribution in [3.05, 3.63) is 18.1 Å². The third kappa shape index (κ3) is 7.73. The average molecular weight is 374 g/mol. The maximum absolute atomic E-state index is 11.9. The molecule has 5 nitrogen and oxygen atoms in total. The molecule has 1 fully saturated rings. The fraction of sp³-hybridized carbons (Fsp3) is 0.714. The Bertz CT molecular complexity index is 466. The first-order chi connectivity index (χ1) is 11.3. The summed E-state index contributed by atoms with van der Waals surface area (Å²) in [6.07, 6.45) is -3.23. The Morgan fingerprint density at radius 1 is 1.29 bits per heavy atom. The predicted octanol–water partition coefficient (Wildman–Crippen LogP) is 3.41. The Morgan fingerprint density at radius 2 is 1.92 bits per heavy atom. The van der Waals surface area contributed by atoms with Crippen LogP contribution in [0.2, 0.25) is 0 Å². The molecule has 1 aliphatic heterocycles. The van der Waals surface area contributed by atoms with Crippen molar-refractivity contribution < 1.29 is 32.0 Å². The summed E-state index contributed by atoms with van der Waals surface area (Å²) in [6, 6.07) is 0. The monoisotopic (exact) mass is 374 g/mol. The highest BCUT2D eigenvalue weighted by Gasteiger charge is 2.33. The van der Waals surface area contributed by atoms with Crippen molar-refractivity contribution in [1.29, 1.82) is 0 Å². The summed E-state index contributed by atoms with van der Waals surface area (Å²) in [4.78, 5) is 6.14. The second-order valence-corrected chi connectivity index (χ2v) is 5.05.